The lowest BCUT2D eigenvalue weighted by Gasteiger charge is -1.96. The summed E-state index contributed by atoms with van der Waals surface area (Å²) in [4.78, 5) is 4.02. The van der Waals surface area contributed by atoms with E-state index < -0.39 is 0 Å². The third-order valence-corrected chi connectivity index (χ3v) is 1.46. The van der Waals surface area contributed by atoms with Crippen molar-refractivity contribution < 1.29 is 4.58 Å². The van der Waals surface area contributed by atoms with E-state index in [1.54, 1.807) is 17.0 Å². The summed E-state index contributed by atoms with van der Waals surface area (Å²) in [5, 5.41) is 0. The van der Waals surface area contributed by atoms with Gasteiger partial charge in [0.15, 0.2) is 0 Å². The van der Waals surface area contributed by atoms with Gasteiger partial charge in [0.1, 0.15) is 13.8 Å². The largest absolute Gasteiger partial charge is 0.326 e. The number of hydrogen-bond acceptors (Lipinski definition) is 2. The molecule has 58 valence electrons. The summed E-state index contributed by atoms with van der Waals surface area (Å²) in [6.07, 6.45) is 3.51. The molecule has 1 aromatic rings. The minimum atomic E-state index is 0.522. The van der Waals surface area contributed by atoms with Crippen molar-refractivity contribution in [2.75, 3.05) is 7.05 Å². The van der Waals surface area contributed by atoms with Crippen molar-refractivity contribution >= 4 is 12.4 Å². The maximum Gasteiger partial charge on any atom is 0.223 e. The van der Waals surface area contributed by atoms with Gasteiger partial charge in [-0.2, -0.15) is 0 Å². The number of hydrogen-bond donors (Lipinski definition) is 1. The number of nitrogens with two attached hydrogens (primary N) is 1. The topological polar surface area (TPSA) is 41.9 Å². The molecule has 0 bridgehead atoms. The van der Waals surface area contributed by atoms with Gasteiger partial charge in [0.2, 0.25) is 5.69 Å². The first kappa shape index (κ1) is 7.88. The Morgan fingerprint density at radius 3 is 2.91 bits per heavy atom. The summed E-state index contributed by atoms with van der Waals surface area (Å²) >= 11 is 0. The second-order valence-electron chi connectivity index (χ2n) is 2.45. The van der Waals surface area contributed by atoms with Gasteiger partial charge in [0.05, 0.1) is 6.20 Å². The Kier molecular flexibility index (Phi) is 2.33. The minimum absolute atomic E-state index is 0.522. The average molecular weight is 150 g/mol. The molecule has 1 rings (SSSR count). The lowest BCUT2D eigenvalue weighted by atomic mass is 10.2. The molecule has 2 N–H and O–H groups in total. The molecule has 0 aliphatic rings. The summed E-state index contributed by atoms with van der Waals surface area (Å²) in [6.45, 7) is 4.26. The lowest BCUT2D eigenvalue weighted by molar-refractivity contribution is -0.395. The van der Waals surface area contributed by atoms with Gasteiger partial charge in [0.25, 0.3) is 0 Å². The smallest absolute Gasteiger partial charge is 0.223 e. The highest BCUT2D eigenvalue weighted by Crippen LogP contribution is 2.08. The van der Waals surface area contributed by atoms with Crippen LogP contribution in [0.5, 0.6) is 0 Å². The minimum Gasteiger partial charge on any atom is -0.326 e. The molecule has 0 aliphatic carbocycles. The van der Waals surface area contributed by atoms with Crippen LogP contribution in [-0.4, -0.2) is 23.3 Å². The van der Waals surface area contributed by atoms with E-state index in [-0.39, 0.29) is 0 Å². The molecule has 0 aliphatic heterocycles. The van der Waals surface area contributed by atoms with E-state index in [1.165, 1.54) is 0 Å². The molecule has 0 saturated carbocycles. The second-order valence-corrected chi connectivity index (χ2v) is 2.45. The first-order valence-corrected chi connectivity index (χ1v) is 3.42. The van der Waals surface area contributed by atoms with E-state index in [0.717, 1.165) is 11.3 Å². The zero-order valence-electron chi connectivity index (χ0n) is 6.62. The second kappa shape index (κ2) is 3.25. The summed E-state index contributed by atoms with van der Waals surface area (Å²) < 4.78 is 1.76. The maximum atomic E-state index is 5.44. The van der Waals surface area contributed by atoms with Crippen LogP contribution < -0.4 is 5.73 Å². The van der Waals surface area contributed by atoms with Crippen LogP contribution in [0.1, 0.15) is 5.56 Å². The predicted molar refractivity (Wildman–Crippen MR) is 45.1 cm³/mol. The number of pyridine rings is 1. The Balaban J connectivity index is 3.01. The number of rotatable bonds is 2. The highest BCUT2D eigenvalue weighted by atomic mass is 15.0. The molecular formula is C8H12N3+. The fraction of sp³-hybridized carbons (Fsp3) is 0.250. The van der Waals surface area contributed by atoms with Gasteiger partial charge < -0.3 is 5.73 Å². The van der Waals surface area contributed by atoms with Crippen LogP contribution in [0.2, 0.25) is 0 Å². The van der Waals surface area contributed by atoms with E-state index in [9.17, 15) is 0 Å². The van der Waals surface area contributed by atoms with Crippen LogP contribution in [0.15, 0.2) is 18.5 Å². The van der Waals surface area contributed by atoms with E-state index in [1.807, 2.05) is 13.1 Å². The summed E-state index contributed by atoms with van der Waals surface area (Å²) in [5.74, 6) is 0. The predicted octanol–water partition coefficient (Wildman–Crippen LogP) is 0.515. The Labute approximate surface area is 66.2 Å². The Morgan fingerprint density at radius 2 is 2.36 bits per heavy atom. The molecule has 3 nitrogen and oxygen atoms in total. The Bertz CT molecular complexity index is 268. The van der Waals surface area contributed by atoms with Crippen LogP contribution in [0.25, 0.3) is 0 Å². The van der Waals surface area contributed by atoms with E-state index in [0.29, 0.717) is 6.54 Å². The monoisotopic (exact) mass is 150 g/mol. The van der Waals surface area contributed by atoms with Crippen molar-refractivity contribution in [2.45, 2.75) is 6.54 Å². The maximum absolute atomic E-state index is 5.44. The SMILES string of the molecule is C=[N+](C)c1cncc(CN)c1. The molecule has 1 aromatic heterocycles. The van der Waals surface area contributed by atoms with E-state index in [2.05, 4.69) is 11.7 Å². The molecule has 0 atom stereocenters. The molecule has 3 heteroatoms. The van der Waals surface area contributed by atoms with Gasteiger partial charge in [0, 0.05) is 18.8 Å². The number of nitrogens with zero attached hydrogens (tertiary/aromatic N) is 2. The Morgan fingerprint density at radius 1 is 1.64 bits per heavy atom. The molecular weight excluding hydrogens is 138 g/mol. The van der Waals surface area contributed by atoms with Crippen LogP contribution in [0.4, 0.5) is 5.69 Å². The van der Waals surface area contributed by atoms with E-state index in [4.69, 9.17) is 5.73 Å². The molecule has 1 heterocycles. The molecule has 0 saturated heterocycles. The molecule has 0 fully saturated rings. The summed E-state index contributed by atoms with van der Waals surface area (Å²) in [7, 11) is 1.87. The van der Waals surface area contributed by atoms with Gasteiger partial charge >= 0.3 is 0 Å². The van der Waals surface area contributed by atoms with Crippen molar-refractivity contribution in [1.29, 1.82) is 0 Å². The third kappa shape index (κ3) is 1.85. The molecule has 11 heavy (non-hydrogen) atoms. The van der Waals surface area contributed by atoms with Crippen molar-refractivity contribution in [3.63, 3.8) is 0 Å². The average Bonchev–Trinajstić information content (AvgIpc) is 2.05. The van der Waals surface area contributed by atoms with Gasteiger partial charge in [-0.05, 0) is 5.56 Å². The number of aromatic nitrogens is 1. The van der Waals surface area contributed by atoms with Gasteiger partial charge in [-0.1, -0.05) is 0 Å². The van der Waals surface area contributed by atoms with Crippen LogP contribution in [0, 0.1) is 0 Å². The van der Waals surface area contributed by atoms with Gasteiger partial charge in [-0.3, -0.25) is 4.98 Å². The van der Waals surface area contributed by atoms with E-state index >= 15 is 0 Å². The summed E-state index contributed by atoms with van der Waals surface area (Å²) in [6, 6.07) is 1.97. The van der Waals surface area contributed by atoms with Crippen molar-refractivity contribution in [1.82, 2.24) is 4.98 Å². The van der Waals surface area contributed by atoms with Crippen molar-refractivity contribution in [3.05, 3.63) is 24.0 Å². The third-order valence-electron chi connectivity index (χ3n) is 1.46. The molecule has 0 spiro atoms. The Hall–Kier alpha value is -1.22. The zero-order chi connectivity index (χ0) is 8.27. The van der Waals surface area contributed by atoms with Crippen molar-refractivity contribution in [2.24, 2.45) is 5.73 Å². The molecule has 0 unspecified atom stereocenters. The van der Waals surface area contributed by atoms with Crippen LogP contribution in [-0.2, 0) is 6.54 Å². The standard InChI is InChI=1S/C8H12N3/c1-11(2)8-3-7(4-9)5-10-6-8/h3,5-6H,1,4,9H2,2H3/q+1. The van der Waals surface area contributed by atoms with Gasteiger partial charge in [-0.25, -0.2) is 4.58 Å². The van der Waals surface area contributed by atoms with Gasteiger partial charge in [-0.15, -0.1) is 0 Å². The highest BCUT2D eigenvalue weighted by Gasteiger charge is 2.00. The quantitative estimate of drug-likeness (QED) is 0.493. The fourth-order valence-corrected chi connectivity index (χ4v) is 0.794. The summed E-state index contributed by atoms with van der Waals surface area (Å²) in [5.41, 5.74) is 7.45. The molecule has 0 radical (unpaired) electrons. The molecule has 0 aromatic carbocycles. The van der Waals surface area contributed by atoms with Crippen LogP contribution >= 0.6 is 0 Å². The first-order chi connectivity index (χ1) is 5.24. The first-order valence-electron chi connectivity index (χ1n) is 3.42. The van der Waals surface area contributed by atoms with Crippen LogP contribution in [0.3, 0.4) is 0 Å². The highest BCUT2D eigenvalue weighted by molar-refractivity contribution is 5.33. The van der Waals surface area contributed by atoms with Crippen molar-refractivity contribution in [3.8, 4) is 0 Å². The normalized spacial score (nSPS) is 9.64. The zero-order valence-corrected chi connectivity index (χ0v) is 6.62. The lowest BCUT2D eigenvalue weighted by Crippen LogP contribution is -1.99. The molecule has 0 amide bonds. The fourth-order valence-electron chi connectivity index (χ4n) is 0.794.